The number of carbonyl (C=O) groups is 1. The van der Waals surface area contributed by atoms with Crippen LogP contribution in [-0.2, 0) is 7.05 Å². The van der Waals surface area contributed by atoms with E-state index in [2.05, 4.69) is 15.3 Å². The Morgan fingerprint density at radius 1 is 1.67 bits per heavy atom. The van der Waals surface area contributed by atoms with Gasteiger partial charge in [0.2, 0.25) is 0 Å². The number of nitrogens with two attached hydrogens (primary N) is 1. The highest BCUT2D eigenvalue weighted by Crippen LogP contribution is 2.14. The number of carbonyl (C=O) groups excluding carboxylic acids is 1. The first-order valence-corrected chi connectivity index (χ1v) is 5.83. The Bertz CT molecular complexity index is 529. The van der Waals surface area contributed by atoms with Crippen LogP contribution in [0.3, 0.4) is 0 Å². The lowest BCUT2D eigenvalue weighted by Crippen LogP contribution is -2.30. The molecule has 0 saturated heterocycles. The predicted octanol–water partition coefficient (Wildman–Crippen LogP) is 1.21. The van der Waals surface area contributed by atoms with Crippen LogP contribution < -0.4 is 11.1 Å². The van der Waals surface area contributed by atoms with Gasteiger partial charge in [-0.1, -0.05) is 6.92 Å². The number of aryl methyl sites for hydroxylation is 1. The molecule has 0 aromatic carbocycles. The second kappa shape index (κ2) is 4.95. The fraction of sp³-hybridized carbons (Fsp3) is 0.333. The molecular weight excluding hydrogens is 230 g/mol. The molecule has 0 aliphatic carbocycles. The predicted molar refractivity (Wildman–Crippen MR) is 68.9 cm³/mol. The maximum absolute atomic E-state index is 12.1. The molecule has 2 rings (SSSR count). The Kier molecular flexibility index (Phi) is 3.36. The van der Waals surface area contributed by atoms with Crippen molar-refractivity contribution in [2.45, 2.75) is 19.4 Å². The third kappa shape index (κ3) is 2.37. The number of rotatable bonds is 4. The minimum absolute atomic E-state index is 0.122. The third-order valence-corrected chi connectivity index (χ3v) is 2.82. The topological polar surface area (TPSA) is 88.7 Å². The average molecular weight is 247 g/mol. The number of hydrogen-bond donors (Lipinski definition) is 3. The van der Waals surface area contributed by atoms with E-state index in [0.717, 1.165) is 12.2 Å². The van der Waals surface area contributed by atoms with Crippen molar-refractivity contribution in [2.24, 2.45) is 7.05 Å². The van der Waals surface area contributed by atoms with Gasteiger partial charge in [0.15, 0.2) is 0 Å². The Morgan fingerprint density at radius 3 is 2.94 bits per heavy atom. The smallest absolute Gasteiger partial charge is 0.268 e. The summed E-state index contributed by atoms with van der Waals surface area (Å²) in [5.74, 6) is 0.602. The number of nitrogen functional groups attached to an aromatic ring is 1. The van der Waals surface area contributed by atoms with E-state index < -0.39 is 0 Å². The van der Waals surface area contributed by atoms with Gasteiger partial charge in [0, 0.05) is 25.6 Å². The number of nitrogens with zero attached hydrogens (tertiary/aromatic N) is 2. The number of H-pyrrole nitrogens is 1. The van der Waals surface area contributed by atoms with Crippen molar-refractivity contribution in [1.82, 2.24) is 19.9 Å². The van der Waals surface area contributed by atoms with Crippen molar-refractivity contribution < 1.29 is 4.79 Å². The standard InChI is InChI=1S/C12H17N5O/c1-3-9(11-14-4-5-15-11)16-12(18)10-6-8(13)7-17(10)2/h4-7,9H,3,13H2,1-2H3,(H,14,15)(H,16,18). The van der Waals surface area contributed by atoms with Gasteiger partial charge >= 0.3 is 0 Å². The lowest BCUT2D eigenvalue weighted by Gasteiger charge is -2.14. The molecule has 1 atom stereocenters. The monoisotopic (exact) mass is 247 g/mol. The highest BCUT2D eigenvalue weighted by atomic mass is 16.2. The van der Waals surface area contributed by atoms with Crippen LogP contribution in [0.25, 0.3) is 0 Å². The number of aromatic nitrogens is 3. The molecule has 18 heavy (non-hydrogen) atoms. The summed E-state index contributed by atoms with van der Waals surface area (Å²) in [6, 6.07) is 1.54. The maximum atomic E-state index is 12.1. The molecule has 0 bridgehead atoms. The van der Waals surface area contributed by atoms with Gasteiger partial charge in [-0.05, 0) is 12.5 Å². The molecule has 2 heterocycles. The molecule has 0 radical (unpaired) electrons. The van der Waals surface area contributed by atoms with Gasteiger partial charge in [-0.15, -0.1) is 0 Å². The third-order valence-electron chi connectivity index (χ3n) is 2.82. The van der Waals surface area contributed by atoms with Crippen molar-refractivity contribution in [3.8, 4) is 0 Å². The number of imidazole rings is 1. The zero-order valence-corrected chi connectivity index (χ0v) is 10.5. The minimum atomic E-state index is -0.155. The molecule has 6 nitrogen and oxygen atoms in total. The molecule has 0 aliphatic heterocycles. The molecular formula is C12H17N5O. The summed E-state index contributed by atoms with van der Waals surface area (Å²) in [5.41, 5.74) is 6.77. The number of nitrogens with one attached hydrogen (secondary N) is 2. The van der Waals surface area contributed by atoms with Crippen LogP contribution >= 0.6 is 0 Å². The van der Waals surface area contributed by atoms with E-state index in [-0.39, 0.29) is 11.9 Å². The molecule has 96 valence electrons. The normalized spacial score (nSPS) is 12.3. The first-order chi connectivity index (χ1) is 8.61. The number of hydrogen-bond acceptors (Lipinski definition) is 3. The van der Waals surface area contributed by atoms with Crippen molar-refractivity contribution in [3.05, 3.63) is 36.2 Å². The number of anilines is 1. The molecule has 1 amide bonds. The Balaban J connectivity index is 2.13. The summed E-state index contributed by atoms with van der Waals surface area (Å²) in [6.45, 7) is 1.99. The van der Waals surface area contributed by atoms with E-state index in [1.807, 2.05) is 6.92 Å². The Morgan fingerprint density at radius 2 is 2.44 bits per heavy atom. The molecule has 0 aliphatic rings. The highest BCUT2D eigenvalue weighted by molar-refractivity contribution is 5.94. The largest absolute Gasteiger partial charge is 0.397 e. The number of aromatic amines is 1. The van der Waals surface area contributed by atoms with E-state index in [0.29, 0.717) is 11.4 Å². The fourth-order valence-corrected chi connectivity index (χ4v) is 1.88. The van der Waals surface area contributed by atoms with E-state index in [1.165, 1.54) is 0 Å². The molecule has 0 fully saturated rings. The summed E-state index contributed by atoms with van der Waals surface area (Å²) in [4.78, 5) is 19.3. The molecule has 2 aromatic rings. The van der Waals surface area contributed by atoms with Crippen molar-refractivity contribution in [1.29, 1.82) is 0 Å². The van der Waals surface area contributed by atoms with Crippen molar-refractivity contribution >= 4 is 11.6 Å². The first-order valence-electron chi connectivity index (χ1n) is 5.83. The van der Waals surface area contributed by atoms with E-state index in [4.69, 9.17) is 5.73 Å². The SMILES string of the molecule is CCC(NC(=O)c1cc(N)cn1C)c1ncc[nH]1. The fourth-order valence-electron chi connectivity index (χ4n) is 1.88. The second-order valence-electron chi connectivity index (χ2n) is 4.18. The Hall–Kier alpha value is -2.24. The van der Waals surface area contributed by atoms with Crippen LogP contribution in [0.15, 0.2) is 24.7 Å². The molecule has 2 aromatic heterocycles. The summed E-state index contributed by atoms with van der Waals surface area (Å²) in [5, 5.41) is 2.93. The average Bonchev–Trinajstić information content (AvgIpc) is 2.95. The van der Waals surface area contributed by atoms with Crippen LogP contribution in [0.5, 0.6) is 0 Å². The summed E-state index contributed by atoms with van der Waals surface area (Å²) >= 11 is 0. The van der Waals surface area contributed by atoms with Gasteiger partial charge in [-0.25, -0.2) is 4.98 Å². The minimum Gasteiger partial charge on any atom is -0.397 e. The van der Waals surface area contributed by atoms with Crippen molar-refractivity contribution in [2.75, 3.05) is 5.73 Å². The van der Waals surface area contributed by atoms with E-state index in [9.17, 15) is 4.79 Å². The summed E-state index contributed by atoms with van der Waals surface area (Å²) < 4.78 is 1.71. The van der Waals surface area contributed by atoms with Crippen molar-refractivity contribution in [3.63, 3.8) is 0 Å². The van der Waals surface area contributed by atoms with Gasteiger partial charge in [-0.2, -0.15) is 0 Å². The lowest BCUT2D eigenvalue weighted by atomic mass is 10.2. The van der Waals surface area contributed by atoms with E-state index >= 15 is 0 Å². The van der Waals surface area contributed by atoms with Gasteiger partial charge in [0.1, 0.15) is 11.5 Å². The zero-order valence-electron chi connectivity index (χ0n) is 10.5. The first kappa shape index (κ1) is 12.2. The molecule has 6 heteroatoms. The zero-order chi connectivity index (χ0) is 13.1. The second-order valence-corrected chi connectivity index (χ2v) is 4.18. The van der Waals surface area contributed by atoms with Gasteiger partial charge in [0.25, 0.3) is 5.91 Å². The van der Waals surface area contributed by atoms with Gasteiger partial charge < -0.3 is 20.6 Å². The Labute approximate surface area is 105 Å². The molecule has 0 spiro atoms. The van der Waals surface area contributed by atoms with Crippen LogP contribution in [0, 0.1) is 0 Å². The molecule has 4 N–H and O–H groups in total. The lowest BCUT2D eigenvalue weighted by molar-refractivity contribution is 0.0925. The van der Waals surface area contributed by atoms with Crippen LogP contribution in [0.1, 0.15) is 35.7 Å². The summed E-state index contributed by atoms with van der Waals surface area (Å²) in [6.07, 6.45) is 5.89. The highest BCUT2D eigenvalue weighted by Gasteiger charge is 2.17. The molecule has 1 unspecified atom stereocenters. The van der Waals surface area contributed by atoms with E-state index in [1.54, 1.807) is 36.3 Å². The quantitative estimate of drug-likeness (QED) is 0.758. The van der Waals surface area contributed by atoms with Gasteiger partial charge in [-0.3, -0.25) is 4.79 Å². The molecule has 0 saturated carbocycles. The van der Waals surface area contributed by atoms with Crippen LogP contribution in [0.4, 0.5) is 5.69 Å². The van der Waals surface area contributed by atoms with Crippen LogP contribution in [0.2, 0.25) is 0 Å². The summed E-state index contributed by atoms with van der Waals surface area (Å²) in [7, 11) is 1.79. The van der Waals surface area contributed by atoms with Gasteiger partial charge in [0.05, 0.1) is 11.7 Å². The maximum Gasteiger partial charge on any atom is 0.268 e. The number of amides is 1. The van der Waals surface area contributed by atoms with Crippen LogP contribution in [-0.4, -0.2) is 20.4 Å².